The molecular weight excluding hydrogens is 422 g/mol. The summed E-state index contributed by atoms with van der Waals surface area (Å²) in [7, 11) is -1.76. The largest absolute Gasteiger partial charge is 0.497 e. The van der Waals surface area contributed by atoms with Crippen LogP contribution in [-0.2, 0) is 21.1 Å². The Morgan fingerprint density at radius 2 is 1.68 bits per heavy atom. The predicted molar refractivity (Wildman–Crippen MR) is 113 cm³/mol. The number of hydrogen-bond donors (Lipinski definition) is 1. The second kappa shape index (κ2) is 9.61. The van der Waals surface area contributed by atoms with Crippen LogP contribution >= 0.6 is 0 Å². The van der Waals surface area contributed by atoms with Crippen molar-refractivity contribution in [2.45, 2.75) is 30.4 Å². The highest BCUT2D eigenvalue weighted by atomic mass is 32.2. The van der Waals surface area contributed by atoms with E-state index in [2.05, 4.69) is 15.5 Å². The lowest BCUT2D eigenvalue weighted by Crippen LogP contribution is -2.20. The van der Waals surface area contributed by atoms with Crippen molar-refractivity contribution in [3.05, 3.63) is 60.0 Å². The summed E-state index contributed by atoms with van der Waals surface area (Å²) in [6.45, 7) is 3.05. The van der Waals surface area contributed by atoms with Gasteiger partial charge in [0.1, 0.15) is 11.5 Å². The maximum Gasteiger partial charge on any atom is 0.322 e. The molecular formula is C21H23N3O6S. The lowest BCUT2D eigenvalue weighted by atomic mass is 10.1. The fourth-order valence-electron chi connectivity index (χ4n) is 2.60. The van der Waals surface area contributed by atoms with Gasteiger partial charge in [0.2, 0.25) is 5.89 Å². The van der Waals surface area contributed by atoms with E-state index in [1.54, 1.807) is 69.5 Å². The van der Waals surface area contributed by atoms with Gasteiger partial charge < -0.3 is 13.9 Å². The summed E-state index contributed by atoms with van der Waals surface area (Å²) in [4.78, 5) is 12.3. The Kier molecular flexibility index (Phi) is 6.91. The van der Waals surface area contributed by atoms with E-state index in [0.717, 1.165) is 5.56 Å². The molecule has 3 rings (SSSR count). The van der Waals surface area contributed by atoms with Crippen LogP contribution in [0.5, 0.6) is 11.5 Å². The summed E-state index contributed by atoms with van der Waals surface area (Å²) in [5.74, 6) is 1.04. The molecule has 1 N–H and O–H groups in total. The molecule has 2 aromatic carbocycles. The van der Waals surface area contributed by atoms with E-state index in [4.69, 9.17) is 13.9 Å². The van der Waals surface area contributed by atoms with Crippen molar-refractivity contribution in [3.8, 4) is 11.5 Å². The Morgan fingerprint density at radius 3 is 2.29 bits per heavy atom. The first-order chi connectivity index (χ1) is 14.8. The number of nitrogens with zero attached hydrogens (tertiary/aromatic N) is 2. The molecule has 0 radical (unpaired) electrons. The Bertz CT molecular complexity index is 1120. The first kappa shape index (κ1) is 22.3. The summed E-state index contributed by atoms with van der Waals surface area (Å²) in [5.41, 5.74) is 0.798. The molecule has 0 aliphatic carbocycles. The zero-order valence-electron chi connectivity index (χ0n) is 17.4. The average molecular weight is 445 g/mol. The van der Waals surface area contributed by atoms with Gasteiger partial charge >= 0.3 is 6.01 Å². The normalized spacial score (nSPS) is 11.4. The third kappa shape index (κ3) is 5.82. The molecule has 0 spiro atoms. The first-order valence-electron chi connectivity index (χ1n) is 9.50. The number of nitrogens with one attached hydrogen (secondary N) is 1. The van der Waals surface area contributed by atoms with Gasteiger partial charge in [0.25, 0.3) is 5.91 Å². The average Bonchev–Trinajstić information content (AvgIpc) is 3.19. The molecule has 0 aliphatic rings. The summed E-state index contributed by atoms with van der Waals surface area (Å²) < 4.78 is 40.2. The standard InChI is InChI=1S/C21H23N3O6S/c1-14(2)31(26,27)18-10-4-15(5-11-18)12-20-23-24-21(30-20)22-19(25)13-29-17-8-6-16(28-3)7-9-17/h4-11,14H,12-13H2,1-3H3,(H,22,24,25). The number of sulfone groups is 1. The van der Waals surface area contributed by atoms with Gasteiger partial charge in [-0.2, -0.15) is 0 Å². The van der Waals surface area contributed by atoms with Crippen molar-refractivity contribution in [1.82, 2.24) is 10.2 Å². The molecule has 9 nitrogen and oxygen atoms in total. The van der Waals surface area contributed by atoms with Crippen molar-refractivity contribution >= 4 is 21.8 Å². The van der Waals surface area contributed by atoms with Crippen molar-refractivity contribution in [1.29, 1.82) is 0 Å². The predicted octanol–water partition coefficient (Wildman–Crippen LogP) is 2.87. The molecule has 0 unspecified atom stereocenters. The number of benzene rings is 2. The Hall–Kier alpha value is -3.40. The smallest absolute Gasteiger partial charge is 0.322 e. The fraction of sp³-hybridized carbons (Fsp3) is 0.286. The van der Waals surface area contributed by atoms with E-state index in [-0.39, 0.29) is 23.4 Å². The van der Waals surface area contributed by atoms with Crippen LogP contribution in [0.3, 0.4) is 0 Å². The molecule has 0 fully saturated rings. The number of aromatic nitrogens is 2. The van der Waals surface area contributed by atoms with Crippen molar-refractivity contribution in [2.24, 2.45) is 0 Å². The molecule has 0 bridgehead atoms. The van der Waals surface area contributed by atoms with Gasteiger partial charge in [0, 0.05) is 0 Å². The third-order valence-corrected chi connectivity index (χ3v) is 6.54. The molecule has 0 aliphatic heterocycles. The highest BCUT2D eigenvalue weighted by Gasteiger charge is 2.19. The van der Waals surface area contributed by atoms with E-state index in [1.165, 1.54) is 0 Å². The van der Waals surface area contributed by atoms with Gasteiger partial charge in [0.05, 0.1) is 23.7 Å². The molecule has 1 heterocycles. The summed E-state index contributed by atoms with van der Waals surface area (Å²) in [6, 6.07) is 13.3. The van der Waals surface area contributed by atoms with Gasteiger partial charge in [-0.05, 0) is 55.8 Å². The summed E-state index contributed by atoms with van der Waals surface area (Å²) >= 11 is 0. The molecule has 10 heteroatoms. The van der Waals surface area contributed by atoms with Crippen LogP contribution < -0.4 is 14.8 Å². The van der Waals surface area contributed by atoms with Crippen LogP contribution in [0.1, 0.15) is 25.3 Å². The topological polar surface area (TPSA) is 121 Å². The number of rotatable bonds is 9. The molecule has 3 aromatic rings. The van der Waals surface area contributed by atoms with Crippen LogP contribution in [0.2, 0.25) is 0 Å². The quantitative estimate of drug-likeness (QED) is 0.534. The number of anilines is 1. The SMILES string of the molecule is COc1ccc(OCC(=O)Nc2nnc(Cc3ccc(S(=O)(=O)C(C)C)cc3)o2)cc1. The van der Waals surface area contributed by atoms with E-state index < -0.39 is 21.0 Å². The monoisotopic (exact) mass is 445 g/mol. The van der Waals surface area contributed by atoms with Gasteiger partial charge in [-0.25, -0.2) is 8.42 Å². The van der Waals surface area contributed by atoms with E-state index in [9.17, 15) is 13.2 Å². The molecule has 31 heavy (non-hydrogen) atoms. The van der Waals surface area contributed by atoms with Crippen LogP contribution in [0.15, 0.2) is 57.8 Å². The highest BCUT2D eigenvalue weighted by Crippen LogP contribution is 2.19. The highest BCUT2D eigenvalue weighted by molar-refractivity contribution is 7.92. The maximum absolute atomic E-state index is 12.2. The third-order valence-electron chi connectivity index (χ3n) is 4.37. The van der Waals surface area contributed by atoms with Crippen molar-refractivity contribution in [3.63, 3.8) is 0 Å². The lowest BCUT2D eigenvalue weighted by Gasteiger charge is -2.08. The van der Waals surface area contributed by atoms with E-state index in [1.807, 2.05) is 0 Å². The van der Waals surface area contributed by atoms with Crippen LogP contribution in [0.25, 0.3) is 0 Å². The number of methoxy groups -OCH3 is 1. The minimum atomic E-state index is -3.32. The van der Waals surface area contributed by atoms with Crippen LogP contribution in [-0.4, -0.2) is 43.5 Å². The fourth-order valence-corrected chi connectivity index (χ4v) is 3.66. The summed E-state index contributed by atoms with van der Waals surface area (Å²) in [5, 5.41) is 9.67. The Balaban J connectivity index is 1.53. The van der Waals surface area contributed by atoms with Crippen molar-refractivity contribution in [2.75, 3.05) is 19.0 Å². The van der Waals surface area contributed by atoms with Gasteiger partial charge in [-0.3, -0.25) is 10.1 Å². The molecule has 0 atom stereocenters. The van der Waals surface area contributed by atoms with E-state index in [0.29, 0.717) is 17.9 Å². The van der Waals surface area contributed by atoms with E-state index >= 15 is 0 Å². The Morgan fingerprint density at radius 1 is 1.03 bits per heavy atom. The van der Waals surface area contributed by atoms with Gasteiger partial charge in [-0.15, -0.1) is 5.10 Å². The molecule has 1 aromatic heterocycles. The molecule has 1 amide bonds. The second-order valence-corrected chi connectivity index (χ2v) is 9.43. The molecule has 164 valence electrons. The zero-order valence-corrected chi connectivity index (χ0v) is 18.2. The maximum atomic E-state index is 12.2. The van der Waals surface area contributed by atoms with Gasteiger partial charge in [-0.1, -0.05) is 17.2 Å². The number of carbonyl (C=O) groups is 1. The van der Waals surface area contributed by atoms with Crippen molar-refractivity contribution < 1.29 is 27.1 Å². The van der Waals surface area contributed by atoms with Crippen LogP contribution in [0, 0.1) is 0 Å². The Labute approximate surface area is 180 Å². The molecule has 0 saturated heterocycles. The zero-order chi connectivity index (χ0) is 22.4. The minimum absolute atomic E-state index is 0.0441. The molecule has 0 saturated carbocycles. The van der Waals surface area contributed by atoms with Crippen LogP contribution in [0.4, 0.5) is 6.01 Å². The number of carbonyl (C=O) groups excluding carboxylic acids is 1. The summed E-state index contributed by atoms with van der Waals surface area (Å²) in [6.07, 6.45) is 0.299. The number of amides is 1. The number of ether oxygens (including phenoxy) is 2. The second-order valence-electron chi connectivity index (χ2n) is 6.93. The number of hydrogen-bond acceptors (Lipinski definition) is 8. The first-order valence-corrected chi connectivity index (χ1v) is 11.0. The van der Waals surface area contributed by atoms with Gasteiger partial charge in [0.15, 0.2) is 16.4 Å². The minimum Gasteiger partial charge on any atom is -0.497 e. The lowest BCUT2D eigenvalue weighted by molar-refractivity contribution is -0.118.